The first kappa shape index (κ1) is 25.8. The van der Waals surface area contributed by atoms with Crippen molar-refractivity contribution >= 4 is 22.5 Å². The number of rotatable bonds is 9. The highest BCUT2D eigenvalue weighted by Crippen LogP contribution is 2.38. The second-order valence-corrected chi connectivity index (χ2v) is 8.29. The van der Waals surface area contributed by atoms with E-state index in [-0.39, 0.29) is 42.8 Å². The van der Waals surface area contributed by atoms with Gasteiger partial charge in [0.05, 0.1) is 0 Å². The Morgan fingerprint density at radius 3 is 2.45 bits per heavy atom. The summed E-state index contributed by atoms with van der Waals surface area (Å²) in [6.45, 7) is 5.79. The number of unbranched alkanes of at least 4 members (excludes halogenated alkanes) is 2. The SMILES string of the molecule is CCCCCN(CCC)C1COc2c(F)ccc(OS(=O)(=O)C(F)(F)F)c2C1.Cl. The maximum atomic E-state index is 14.1. The molecule has 0 bridgehead atoms. The molecule has 1 aliphatic heterocycles. The zero-order valence-corrected chi connectivity index (χ0v) is 17.9. The largest absolute Gasteiger partial charge is 0.534 e. The summed E-state index contributed by atoms with van der Waals surface area (Å²) in [5, 5.41) is 0. The van der Waals surface area contributed by atoms with Crippen molar-refractivity contribution in [2.24, 2.45) is 0 Å². The molecule has 2 rings (SSSR count). The molecular weight excluding hydrogens is 438 g/mol. The van der Waals surface area contributed by atoms with Gasteiger partial charge in [-0.05, 0) is 44.5 Å². The Morgan fingerprint density at radius 2 is 1.86 bits per heavy atom. The van der Waals surface area contributed by atoms with Crippen LogP contribution in [0.4, 0.5) is 17.6 Å². The van der Waals surface area contributed by atoms with Gasteiger partial charge in [0, 0.05) is 11.6 Å². The average Bonchev–Trinajstić information content (AvgIpc) is 2.62. The maximum absolute atomic E-state index is 14.1. The Kier molecular flexibility index (Phi) is 9.49. The molecule has 0 fully saturated rings. The second-order valence-electron chi connectivity index (χ2n) is 6.75. The Balaban J connectivity index is 0.00000420. The van der Waals surface area contributed by atoms with Crippen molar-refractivity contribution in [2.45, 2.75) is 57.5 Å². The minimum atomic E-state index is -5.85. The number of ether oxygens (including phenoxy) is 1. The summed E-state index contributed by atoms with van der Waals surface area (Å²) in [5.41, 5.74) is -5.57. The van der Waals surface area contributed by atoms with E-state index in [0.29, 0.717) is 0 Å². The Labute approximate surface area is 174 Å². The van der Waals surface area contributed by atoms with Crippen molar-refractivity contribution in [1.29, 1.82) is 0 Å². The van der Waals surface area contributed by atoms with Gasteiger partial charge in [-0.2, -0.15) is 21.6 Å². The van der Waals surface area contributed by atoms with E-state index in [1.54, 1.807) is 0 Å². The lowest BCUT2D eigenvalue weighted by Gasteiger charge is -2.35. The smallest absolute Gasteiger partial charge is 0.488 e. The van der Waals surface area contributed by atoms with Gasteiger partial charge in [-0.25, -0.2) is 4.39 Å². The minimum Gasteiger partial charge on any atom is -0.488 e. The molecule has 0 saturated heterocycles. The first-order valence-corrected chi connectivity index (χ1v) is 10.7. The predicted molar refractivity (Wildman–Crippen MR) is 104 cm³/mol. The molecule has 1 aliphatic rings. The monoisotopic (exact) mass is 463 g/mol. The zero-order valence-electron chi connectivity index (χ0n) is 16.3. The van der Waals surface area contributed by atoms with Crippen molar-refractivity contribution in [3.8, 4) is 11.5 Å². The van der Waals surface area contributed by atoms with Crippen LogP contribution in [0.3, 0.4) is 0 Å². The summed E-state index contributed by atoms with van der Waals surface area (Å²) in [4.78, 5) is 2.14. The van der Waals surface area contributed by atoms with Gasteiger partial charge in [0.15, 0.2) is 11.6 Å². The van der Waals surface area contributed by atoms with Crippen LogP contribution >= 0.6 is 12.4 Å². The number of hydrogen-bond donors (Lipinski definition) is 0. The van der Waals surface area contributed by atoms with Crippen LogP contribution in [0, 0.1) is 5.82 Å². The van der Waals surface area contributed by atoms with E-state index in [4.69, 9.17) is 4.74 Å². The molecule has 1 aromatic rings. The van der Waals surface area contributed by atoms with Gasteiger partial charge in [0.2, 0.25) is 0 Å². The fourth-order valence-electron chi connectivity index (χ4n) is 3.21. The number of benzene rings is 1. The topological polar surface area (TPSA) is 55.8 Å². The Hall–Kier alpha value is -1.26. The van der Waals surface area contributed by atoms with E-state index < -0.39 is 27.2 Å². The van der Waals surface area contributed by atoms with Crippen LogP contribution in [0.1, 0.15) is 45.1 Å². The number of hydrogen-bond acceptors (Lipinski definition) is 5. The van der Waals surface area contributed by atoms with Crippen LogP contribution in [-0.4, -0.2) is 44.6 Å². The summed E-state index contributed by atoms with van der Waals surface area (Å²) in [6.07, 6.45) is 4.04. The molecule has 1 aromatic carbocycles. The summed E-state index contributed by atoms with van der Waals surface area (Å²) in [6, 6.07) is 1.53. The van der Waals surface area contributed by atoms with Crippen molar-refractivity contribution in [3.63, 3.8) is 0 Å². The van der Waals surface area contributed by atoms with Crippen LogP contribution in [-0.2, 0) is 16.5 Å². The molecule has 0 aromatic heterocycles. The minimum absolute atomic E-state index is 0. The van der Waals surface area contributed by atoms with Crippen LogP contribution in [0.2, 0.25) is 0 Å². The van der Waals surface area contributed by atoms with Crippen LogP contribution in [0.25, 0.3) is 0 Å². The quantitative estimate of drug-likeness (QED) is 0.230. The second kappa shape index (κ2) is 10.7. The van der Waals surface area contributed by atoms with Crippen molar-refractivity contribution in [1.82, 2.24) is 4.90 Å². The molecule has 0 aliphatic carbocycles. The van der Waals surface area contributed by atoms with Crippen molar-refractivity contribution in [3.05, 3.63) is 23.5 Å². The number of halogens is 5. The summed E-state index contributed by atoms with van der Waals surface area (Å²) >= 11 is 0. The number of fused-ring (bicyclic) bond motifs is 1. The molecule has 29 heavy (non-hydrogen) atoms. The standard InChI is InChI=1S/C18H25F4NO4S.ClH/c1-3-5-6-10-23(9-4-2)13-11-14-16(27-28(24,25)18(20,21)22)8-7-15(19)17(14)26-12-13;/h7-8,13H,3-6,9-12H2,1-2H3;1H. The van der Waals surface area contributed by atoms with Gasteiger partial charge in [0.1, 0.15) is 12.4 Å². The van der Waals surface area contributed by atoms with E-state index in [1.165, 1.54) is 0 Å². The average molecular weight is 464 g/mol. The van der Waals surface area contributed by atoms with Crippen molar-refractivity contribution < 1.29 is 34.9 Å². The normalized spacial score (nSPS) is 16.7. The maximum Gasteiger partial charge on any atom is 0.534 e. The molecule has 5 nitrogen and oxygen atoms in total. The third kappa shape index (κ3) is 6.36. The van der Waals surface area contributed by atoms with Crippen LogP contribution < -0.4 is 8.92 Å². The highest BCUT2D eigenvalue weighted by Gasteiger charge is 2.49. The van der Waals surface area contributed by atoms with Crippen molar-refractivity contribution in [2.75, 3.05) is 19.7 Å². The van der Waals surface area contributed by atoms with Gasteiger partial charge in [0.25, 0.3) is 0 Å². The lowest BCUT2D eigenvalue weighted by molar-refractivity contribution is -0.0500. The fraction of sp³-hybridized carbons (Fsp3) is 0.667. The van der Waals surface area contributed by atoms with Gasteiger partial charge in [-0.1, -0.05) is 26.7 Å². The van der Waals surface area contributed by atoms with E-state index in [1.807, 2.05) is 6.92 Å². The number of nitrogens with zero attached hydrogens (tertiary/aromatic N) is 1. The lowest BCUT2D eigenvalue weighted by Crippen LogP contribution is -2.44. The molecule has 1 atom stereocenters. The first-order valence-electron chi connectivity index (χ1n) is 9.29. The van der Waals surface area contributed by atoms with Gasteiger partial charge >= 0.3 is 15.6 Å². The molecule has 0 saturated carbocycles. The third-order valence-corrected chi connectivity index (χ3v) is 5.55. The zero-order chi connectivity index (χ0) is 20.9. The Morgan fingerprint density at radius 1 is 1.17 bits per heavy atom. The summed E-state index contributed by atoms with van der Waals surface area (Å²) in [7, 11) is -5.85. The highest BCUT2D eigenvalue weighted by atomic mass is 35.5. The molecule has 0 N–H and O–H groups in total. The molecule has 0 radical (unpaired) electrons. The van der Waals surface area contributed by atoms with E-state index in [9.17, 15) is 26.0 Å². The first-order chi connectivity index (χ1) is 13.1. The van der Waals surface area contributed by atoms with E-state index in [0.717, 1.165) is 50.9 Å². The van der Waals surface area contributed by atoms with Crippen LogP contribution in [0.5, 0.6) is 11.5 Å². The lowest BCUT2D eigenvalue weighted by atomic mass is 9.99. The summed E-state index contributed by atoms with van der Waals surface area (Å²) < 4.78 is 84.7. The molecule has 1 heterocycles. The third-order valence-electron chi connectivity index (χ3n) is 4.59. The van der Waals surface area contributed by atoms with E-state index in [2.05, 4.69) is 16.0 Å². The predicted octanol–water partition coefficient (Wildman–Crippen LogP) is 4.68. The van der Waals surface area contributed by atoms with E-state index >= 15 is 0 Å². The van der Waals surface area contributed by atoms with Crippen LogP contribution in [0.15, 0.2) is 12.1 Å². The van der Waals surface area contributed by atoms with Gasteiger partial charge in [-0.15, -0.1) is 12.4 Å². The molecule has 168 valence electrons. The molecule has 1 unspecified atom stereocenters. The Bertz CT molecular complexity index is 774. The molecular formula is C18H26ClF4NO4S. The number of alkyl halides is 3. The molecule has 11 heteroatoms. The highest BCUT2D eigenvalue weighted by molar-refractivity contribution is 7.88. The van der Waals surface area contributed by atoms with Gasteiger partial charge in [-0.3, -0.25) is 4.90 Å². The fourth-order valence-corrected chi connectivity index (χ4v) is 3.70. The summed E-state index contributed by atoms with van der Waals surface area (Å²) in [5.74, 6) is -1.57. The molecule has 0 spiro atoms. The molecule has 0 amide bonds. The van der Waals surface area contributed by atoms with Gasteiger partial charge < -0.3 is 8.92 Å².